The molecule has 0 saturated carbocycles. The molecule has 2 aliphatic rings. The van der Waals surface area contributed by atoms with Gasteiger partial charge in [0.05, 0.1) is 0 Å². The Morgan fingerprint density at radius 2 is 1.89 bits per heavy atom. The Kier molecular flexibility index (Phi) is 1.89. The van der Waals surface area contributed by atoms with Crippen molar-refractivity contribution in [1.82, 2.24) is 0 Å². The zero-order chi connectivity index (χ0) is 12.3. The van der Waals surface area contributed by atoms with Gasteiger partial charge in [0.2, 0.25) is 0 Å². The highest BCUT2D eigenvalue weighted by molar-refractivity contribution is 6.04. The molecule has 0 amide bonds. The Balaban J connectivity index is 2.32. The molecule has 2 aromatic carbocycles. The summed E-state index contributed by atoms with van der Waals surface area (Å²) in [5, 5.41) is 2.96. The fourth-order valence-electron chi connectivity index (χ4n) is 3.47. The van der Waals surface area contributed by atoms with Crippen LogP contribution in [0.5, 0.6) is 0 Å². The molecule has 0 N–H and O–H groups in total. The Morgan fingerprint density at radius 1 is 1.00 bits per heavy atom. The molecule has 88 valence electrons. The largest absolute Gasteiger partial charge is 0.0795 e. The molecule has 0 heteroatoms. The second-order valence-electron chi connectivity index (χ2n) is 5.42. The monoisotopic (exact) mass is 232 g/mol. The molecular formula is C18H16. The minimum Gasteiger partial charge on any atom is -0.0795 e. The fourth-order valence-corrected chi connectivity index (χ4v) is 3.47. The van der Waals surface area contributed by atoms with Gasteiger partial charge in [-0.05, 0) is 70.9 Å². The van der Waals surface area contributed by atoms with E-state index in [2.05, 4.69) is 50.3 Å². The minimum absolute atomic E-state index is 1.09. The van der Waals surface area contributed by atoms with Crippen LogP contribution < -0.4 is 0 Å². The summed E-state index contributed by atoms with van der Waals surface area (Å²) >= 11 is 0. The maximum atomic E-state index is 2.42. The molecule has 0 aromatic heterocycles. The highest BCUT2D eigenvalue weighted by atomic mass is 14.3. The van der Waals surface area contributed by atoms with Gasteiger partial charge in [-0.3, -0.25) is 0 Å². The van der Waals surface area contributed by atoms with Crippen molar-refractivity contribution >= 4 is 22.4 Å². The summed E-state index contributed by atoms with van der Waals surface area (Å²) in [4.78, 5) is 0. The van der Waals surface area contributed by atoms with Crippen molar-refractivity contribution in [3.63, 3.8) is 0 Å². The van der Waals surface area contributed by atoms with Gasteiger partial charge in [-0.2, -0.15) is 0 Å². The summed E-state index contributed by atoms with van der Waals surface area (Å²) in [5.74, 6) is 0. The summed E-state index contributed by atoms with van der Waals surface area (Å²) in [6, 6.07) is 6.76. The molecule has 0 unspecified atom stereocenters. The molecule has 0 bridgehead atoms. The molecule has 0 atom stereocenters. The number of hydrogen-bond acceptors (Lipinski definition) is 0. The van der Waals surface area contributed by atoms with Gasteiger partial charge in [-0.25, -0.2) is 0 Å². The lowest BCUT2D eigenvalue weighted by molar-refractivity contribution is 1.21. The Hall–Kier alpha value is -1.82. The van der Waals surface area contributed by atoms with Crippen molar-refractivity contribution in [2.24, 2.45) is 0 Å². The third-order valence-corrected chi connectivity index (χ3v) is 4.55. The lowest BCUT2D eigenvalue weighted by atomic mass is 9.78. The zero-order valence-electron chi connectivity index (χ0n) is 10.9. The second-order valence-corrected chi connectivity index (χ2v) is 5.42. The van der Waals surface area contributed by atoms with Gasteiger partial charge in [-0.15, -0.1) is 0 Å². The third kappa shape index (κ3) is 1.11. The molecule has 0 spiro atoms. The maximum absolute atomic E-state index is 2.42. The van der Waals surface area contributed by atoms with Crippen LogP contribution >= 0.6 is 0 Å². The normalized spacial score (nSPS) is 16.0. The number of allylic oxidation sites excluding steroid dienone is 3. The summed E-state index contributed by atoms with van der Waals surface area (Å²) < 4.78 is 0. The molecule has 0 heterocycles. The quantitative estimate of drug-likeness (QED) is 0.611. The fraction of sp³-hybridized carbons (Fsp3) is 0.222. The van der Waals surface area contributed by atoms with Gasteiger partial charge in [-0.1, -0.05) is 36.4 Å². The van der Waals surface area contributed by atoms with Crippen LogP contribution in [0.15, 0.2) is 30.4 Å². The topological polar surface area (TPSA) is 0 Å². The van der Waals surface area contributed by atoms with E-state index in [0.29, 0.717) is 0 Å². The lowest BCUT2D eigenvalue weighted by Gasteiger charge is -2.26. The minimum atomic E-state index is 1.09. The van der Waals surface area contributed by atoms with E-state index in [4.69, 9.17) is 0 Å². The van der Waals surface area contributed by atoms with Crippen molar-refractivity contribution in [2.45, 2.75) is 26.7 Å². The van der Waals surface area contributed by atoms with Gasteiger partial charge in [0.25, 0.3) is 0 Å². The number of benzene rings is 2. The summed E-state index contributed by atoms with van der Waals surface area (Å²) in [5.41, 5.74) is 8.86. The van der Waals surface area contributed by atoms with Gasteiger partial charge < -0.3 is 0 Å². The van der Waals surface area contributed by atoms with E-state index in [1.807, 2.05) is 0 Å². The van der Waals surface area contributed by atoms with Crippen molar-refractivity contribution in [1.29, 1.82) is 0 Å². The summed E-state index contributed by atoms with van der Waals surface area (Å²) in [6.45, 7) is 4.52. The van der Waals surface area contributed by atoms with E-state index < -0.39 is 0 Å². The molecule has 0 nitrogen and oxygen atoms in total. The van der Waals surface area contributed by atoms with E-state index in [9.17, 15) is 0 Å². The SMILES string of the molecule is Cc1c2c3c4c(cccc4c1C)CC=C3CC=C2. The molecule has 4 rings (SSSR count). The van der Waals surface area contributed by atoms with E-state index in [-0.39, 0.29) is 0 Å². The molecule has 18 heavy (non-hydrogen) atoms. The highest BCUT2D eigenvalue weighted by Crippen LogP contribution is 2.43. The van der Waals surface area contributed by atoms with Crippen molar-refractivity contribution in [3.05, 3.63) is 58.2 Å². The van der Waals surface area contributed by atoms with Crippen molar-refractivity contribution in [2.75, 3.05) is 0 Å². The molecule has 0 aliphatic heterocycles. The van der Waals surface area contributed by atoms with Crippen LogP contribution in [0.1, 0.15) is 34.2 Å². The van der Waals surface area contributed by atoms with E-state index in [1.165, 1.54) is 44.2 Å². The van der Waals surface area contributed by atoms with Gasteiger partial charge in [0.1, 0.15) is 0 Å². The standard InChI is InChI=1S/C18H16/c1-11-12(2)16-8-4-6-14-10-9-13-5-3-7-15(11)17(13)18(14)16/h3-5,7-8,10H,6,9H2,1-2H3. The molecule has 0 radical (unpaired) electrons. The summed E-state index contributed by atoms with van der Waals surface area (Å²) in [6.07, 6.45) is 9.23. The smallest absolute Gasteiger partial charge is 0.00645 e. The number of rotatable bonds is 0. The third-order valence-electron chi connectivity index (χ3n) is 4.55. The first-order chi connectivity index (χ1) is 8.77. The zero-order valence-corrected chi connectivity index (χ0v) is 10.9. The first-order valence-corrected chi connectivity index (χ1v) is 6.68. The predicted molar refractivity (Wildman–Crippen MR) is 78.8 cm³/mol. The summed E-state index contributed by atoms with van der Waals surface area (Å²) in [7, 11) is 0. The van der Waals surface area contributed by atoms with Gasteiger partial charge in [0, 0.05) is 0 Å². The highest BCUT2D eigenvalue weighted by Gasteiger charge is 2.22. The predicted octanol–water partition coefficient (Wildman–Crippen LogP) is 4.81. The van der Waals surface area contributed by atoms with Crippen molar-refractivity contribution in [3.8, 4) is 0 Å². The number of hydrogen-bond donors (Lipinski definition) is 0. The number of aryl methyl sites for hydroxylation is 1. The Bertz CT molecular complexity index is 742. The van der Waals surface area contributed by atoms with Crippen LogP contribution in [-0.2, 0) is 6.42 Å². The van der Waals surface area contributed by atoms with Gasteiger partial charge in [0.15, 0.2) is 0 Å². The maximum Gasteiger partial charge on any atom is -0.00645 e. The first-order valence-electron chi connectivity index (χ1n) is 6.68. The molecule has 2 aliphatic carbocycles. The molecule has 0 fully saturated rings. The first kappa shape index (κ1) is 10.1. The average Bonchev–Trinajstić information content (AvgIpc) is 2.43. The Labute approximate surface area is 108 Å². The van der Waals surface area contributed by atoms with Gasteiger partial charge >= 0.3 is 0 Å². The van der Waals surface area contributed by atoms with Crippen LogP contribution in [0.4, 0.5) is 0 Å². The van der Waals surface area contributed by atoms with E-state index in [0.717, 1.165) is 12.8 Å². The van der Waals surface area contributed by atoms with E-state index >= 15 is 0 Å². The molecule has 2 aromatic rings. The lowest BCUT2D eigenvalue weighted by Crippen LogP contribution is -2.06. The Morgan fingerprint density at radius 3 is 2.78 bits per heavy atom. The molecular weight excluding hydrogens is 216 g/mol. The van der Waals surface area contributed by atoms with Crippen LogP contribution in [0.25, 0.3) is 22.4 Å². The second kappa shape index (κ2) is 3.35. The van der Waals surface area contributed by atoms with Crippen LogP contribution in [-0.4, -0.2) is 0 Å². The van der Waals surface area contributed by atoms with Crippen molar-refractivity contribution < 1.29 is 0 Å². The molecule has 0 saturated heterocycles. The van der Waals surface area contributed by atoms with E-state index in [1.54, 1.807) is 0 Å². The average molecular weight is 232 g/mol. The van der Waals surface area contributed by atoms with Crippen LogP contribution in [0.3, 0.4) is 0 Å². The van der Waals surface area contributed by atoms with Crippen LogP contribution in [0.2, 0.25) is 0 Å². The van der Waals surface area contributed by atoms with Crippen LogP contribution in [0, 0.1) is 13.8 Å².